The van der Waals surface area contributed by atoms with Crippen LogP contribution < -0.4 is 44.2 Å². The highest BCUT2D eigenvalue weighted by Crippen LogP contribution is 2.24. The molecule has 214 valence electrons. The number of carbonyl (C=O) groups excluding carboxylic acids is 2. The third-order valence-corrected chi connectivity index (χ3v) is 6.07. The van der Waals surface area contributed by atoms with Crippen LogP contribution in [-0.2, 0) is 0 Å². The third kappa shape index (κ3) is 6.90. The molecule has 0 radical (unpaired) electrons. The Hall–Kier alpha value is -5.67. The predicted octanol–water partition coefficient (Wildman–Crippen LogP) is 2.73. The summed E-state index contributed by atoms with van der Waals surface area (Å²) in [6.45, 7) is 0. The number of amides is 2. The molecule has 0 bridgehead atoms. The first-order valence-corrected chi connectivity index (χ1v) is 12.5. The van der Waals surface area contributed by atoms with Gasteiger partial charge in [-0.1, -0.05) is 47.5 Å². The van der Waals surface area contributed by atoms with Gasteiger partial charge in [0, 0.05) is 11.4 Å². The second-order valence-electron chi connectivity index (χ2n) is 8.50. The van der Waals surface area contributed by atoms with Crippen molar-refractivity contribution in [3.8, 4) is 11.1 Å². The number of nitrogens with zero attached hydrogens (tertiary/aromatic N) is 3. The summed E-state index contributed by atoms with van der Waals surface area (Å²) >= 11 is 11.7. The highest BCUT2D eigenvalue weighted by atomic mass is 35.5. The summed E-state index contributed by atoms with van der Waals surface area (Å²) in [5.41, 5.74) is 25.1. The maximum absolute atomic E-state index is 12.4. The van der Waals surface area contributed by atoms with Crippen LogP contribution in [0.5, 0.6) is 0 Å². The molecule has 4 rings (SSSR count). The van der Waals surface area contributed by atoms with Crippen LogP contribution in [0.4, 0.5) is 34.4 Å². The second kappa shape index (κ2) is 12.2. The Morgan fingerprint density at radius 2 is 1.07 bits per heavy atom. The quantitative estimate of drug-likeness (QED) is 0.0893. The van der Waals surface area contributed by atoms with Crippen molar-refractivity contribution in [2.75, 3.05) is 33.6 Å². The van der Waals surface area contributed by atoms with Gasteiger partial charge in [0.15, 0.2) is 45.2 Å². The Balaban J connectivity index is 1.32. The number of hydrogen-bond donors (Lipinski definition) is 10. The van der Waals surface area contributed by atoms with E-state index in [1.165, 1.54) is 6.07 Å². The van der Waals surface area contributed by atoms with E-state index in [1.54, 1.807) is 36.4 Å². The summed E-state index contributed by atoms with van der Waals surface area (Å²) in [7, 11) is 0. The van der Waals surface area contributed by atoms with Gasteiger partial charge in [0.25, 0.3) is 11.8 Å². The molecule has 0 spiro atoms. The van der Waals surface area contributed by atoms with Gasteiger partial charge < -0.3 is 33.6 Å². The van der Waals surface area contributed by atoms with E-state index >= 15 is 0 Å². The molecule has 2 heterocycles. The zero-order chi connectivity index (χ0) is 30.6. The van der Waals surface area contributed by atoms with E-state index in [4.69, 9.17) is 57.0 Å². The molecule has 2 aromatic heterocycles. The molecule has 17 heteroatoms. The number of nitrogens with one attached hydrogen (secondary N) is 6. The SMILES string of the molecule is N=C(NC(=O)c1nc(Cl)c(N)cc1N)Nc1ccc(-c2ccc(NC(=N)NC(=O)c3nc(Cl)c(N)nc3N)cc2)cc1. The van der Waals surface area contributed by atoms with Crippen molar-refractivity contribution in [2.24, 2.45) is 0 Å². The lowest BCUT2D eigenvalue weighted by molar-refractivity contribution is 0.0964. The van der Waals surface area contributed by atoms with E-state index in [-0.39, 0.29) is 56.6 Å². The van der Waals surface area contributed by atoms with Crippen LogP contribution in [0.3, 0.4) is 0 Å². The number of hydrogen-bond acceptors (Lipinski definition) is 11. The van der Waals surface area contributed by atoms with Crippen molar-refractivity contribution in [3.05, 3.63) is 76.3 Å². The van der Waals surface area contributed by atoms with Crippen LogP contribution in [0.2, 0.25) is 10.3 Å². The number of carbonyl (C=O) groups is 2. The van der Waals surface area contributed by atoms with Crippen LogP contribution in [0, 0.1) is 10.8 Å². The van der Waals surface area contributed by atoms with Gasteiger partial charge in [0.05, 0.1) is 11.4 Å². The molecule has 2 amide bonds. The molecule has 0 fully saturated rings. The van der Waals surface area contributed by atoms with Gasteiger partial charge >= 0.3 is 0 Å². The minimum absolute atomic E-state index is 0.0259. The summed E-state index contributed by atoms with van der Waals surface area (Å²) in [5, 5.41) is 26.0. The maximum Gasteiger partial charge on any atom is 0.280 e. The predicted molar refractivity (Wildman–Crippen MR) is 163 cm³/mol. The van der Waals surface area contributed by atoms with E-state index in [2.05, 4.69) is 36.2 Å². The number of pyridine rings is 1. The lowest BCUT2D eigenvalue weighted by atomic mass is 10.1. The average Bonchev–Trinajstić information content (AvgIpc) is 2.93. The molecule has 0 unspecified atom stereocenters. The molecular formula is C25H23Cl2N13O2. The minimum Gasteiger partial charge on any atom is -0.397 e. The van der Waals surface area contributed by atoms with Crippen LogP contribution in [0.1, 0.15) is 21.0 Å². The molecule has 42 heavy (non-hydrogen) atoms. The Bertz CT molecular complexity index is 1580. The normalized spacial score (nSPS) is 10.4. The Morgan fingerprint density at radius 1 is 0.619 bits per heavy atom. The van der Waals surface area contributed by atoms with Crippen molar-refractivity contribution in [3.63, 3.8) is 0 Å². The fourth-order valence-corrected chi connectivity index (χ4v) is 3.77. The first kappa shape index (κ1) is 29.3. The molecule has 0 atom stereocenters. The molecule has 15 nitrogen and oxygen atoms in total. The van der Waals surface area contributed by atoms with Gasteiger partial charge in [-0.25, -0.2) is 15.0 Å². The monoisotopic (exact) mass is 607 g/mol. The van der Waals surface area contributed by atoms with E-state index in [0.717, 1.165) is 11.1 Å². The van der Waals surface area contributed by atoms with E-state index < -0.39 is 11.8 Å². The van der Waals surface area contributed by atoms with Crippen molar-refractivity contribution in [1.82, 2.24) is 25.6 Å². The number of nitrogen functional groups attached to an aromatic ring is 4. The van der Waals surface area contributed by atoms with Crippen molar-refractivity contribution in [2.45, 2.75) is 0 Å². The van der Waals surface area contributed by atoms with Crippen LogP contribution >= 0.6 is 23.2 Å². The van der Waals surface area contributed by atoms with Crippen LogP contribution in [0.25, 0.3) is 11.1 Å². The van der Waals surface area contributed by atoms with E-state index in [1.807, 2.05) is 12.1 Å². The second-order valence-corrected chi connectivity index (χ2v) is 9.22. The Labute approximate surface area is 248 Å². The summed E-state index contributed by atoms with van der Waals surface area (Å²) in [6.07, 6.45) is 0. The Kier molecular flexibility index (Phi) is 8.54. The minimum atomic E-state index is -0.784. The molecule has 0 aliphatic carbocycles. The van der Waals surface area contributed by atoms with Gasteiger partial charge in [0.1, 0.15) is 0 Å². The zero-order valence-electron chi connectivity index (χ0n) is 21.4. The first-order valence-electron chi connectivity index (χ1n) is 11.8. The van der Waals surface area contributed by atoms with Gasteiger partial charge in [-0.3, -0.25) is 31.0 Å². The van der Waals surface area contributed by atoms with Gasteiger partial charge in [0.2, 0.25) is 0 Å². The summed E-state index contributed by atoms with van der Waals surface area (Å²) in [4.78, 5) is 36.2. The molecule has 4 aromatic rings. The van der Waals surface area contributed by atoms with E-state index in [0.29, 0.717) is 11.4 Å². The summed E-state index contributed by atoms with van der Waals surface area (Å²) in [5.74, 6) is -2.48. The smallest absolute Gasteiger partial charge is 0.280 e. The lowest BCUT2D eigenvalue weighted by Gasteiger charge is -2.12. The molecule has 14 N–H and O–H groups in total. The number of guanidine groups is 2. The average molecular weight is 608 g/mol. The molecular weight excluding hydrogens is 585 g/mol. The van der Waals surface area contributed by atoms with Crippen LogP contribution in [-0.4, -0.2) is 38.7 Å². The van der Waals surface area contributed by atoms with E-state index in [9.17, 15) is 9.59 Å². The van der Waals surface area contributed by atoms with Crippen LogP contribution in [0.15, 0.2) is 54.6 Å². The maximum atomic E-state index is 12.4. The van der Waals surface area contributed by atoms with Crippen molar-refractivity contribution < 1.29 is 9.59 Å². The molecule has 0 saturated heterocycles. The number of nitrogens with two attached hydrogens (primary N) is 4. The molecule has 0 saturated carbocycles. The standard InChI is InChI=1S/C25H23Cl2N13O2/c26-18-15(29)9-14(28)16(36-18)22(41)39-24(32)34-12-5-1-10(2-6-12)11-3-7-13(8-4-11)35-25(33)40-23(42)17-20(30)38-21(31)19(27)37-17/h1-9H,28-29H2,(H4,30,31,38)(H3,32,34,39,41)(H3,33,35,40,42). The van der Waals surface area contributed by atoms with Gasteiger partial charge in [-0.15, -0.1) is 0 Å². The Morgan fingerprint density at radius 3 is 1.57 bits per heavy atom. The fraction of sp³-hybridized carbons (Fsp3) is 0. The zero-order valence-corrected chi connectivity index (χ0v) is 22.9. The number of rotatable bonds is 5. The largest absolute Gasteiger partial charge is 0.397 e. The van der Waals surface area contributed by atoms with Gasteiger partial charge in [-0.05, 0) is 41.5 Å². The highest BCUT2D eigenvalue weighted by Gasteiger charge is 2.18. The molecule has 0 aliphatic rings. The molecule has 0 aliphatic heterocycles. The summed E-state index contributed by atoms with van der Waals surface area (Å²) < 4.78 is 0. The topological polar surface area (TPSA) is 273 Å². The lowest BCUT2D eigenvalue weighted by Crippen LogP contribution is -2.36. The number of aromatic nitrogens is 3. The summed E-state index contributed by atoms with van der Waals surface area (Å²) in [6, 6.07) is 15.4. The third-order valence-electron chi connectivity index (χ3n) is 5.49. The number of anilines is 6. The fourth-order valence-electron chi connectivity index (χ4n) is 3.50. The van der Waals surface area contributed by atoms with Crippen molar-refractivity contribution in [1.29, 1.82) is 10.8 Å². The first-order chi connectivity index (χ1) is 19.9. The number of halogens is 2. The number of benzene rings is 2. The highest BCUT2D eigenvalue weighted by molar-refractivity contribution is 6.32. The van der Waals surface area contributed by atoms with Gasteiger partial charge in [-0.2, -0.15) is 0 Å². The van der Waals surface area contributed by atoms with Crippen molar-refractivity contribution >= 4 is 81.3 Å². The molecule has 2 aromatic carbocycles.